The van der Waals surface area contributed by atoms with E-state index in [1.54, 1.807) is 4.90 Å². The molecule has 1 saturated heterocycles. The molecule has 0 aromatic rings. The summed E-state index contributed by atoms with van der Waals surface area (Å²) >= 11 is 0. The van der Waals surface area contributed by atoms with Gasteiger partial charge in [0.15, 0.2) is 0 Å². The first-order chi connectivity index (χ1) is 6.86. The third kappa shape index (κ3) is 2.84. The highest BCUT2D eigenvalue weighted by atomic mass is 16.2. The largest absolute Gasteiger partial charge is 0.326 e. The maximum absolute atomic E-state index is 11.7. The molecule has 0 spiro atoms. The van der Waals surface area contributed by atoms with Crippen molar-refractivity contribution in [2.75, 3.05) is 33.7 Å². The van der Waals surface area contributed by atoms with Gasteiger partial charge >= 0.3 is 6.03 Å². The molecule has 0 radical (unpaired) electrons. The summed E-state index contributed by atoms with van der Waals surface area (Å²) in [4.78, 5) is 15.4. The SMILES string of the molecule is CN[C@H](CN1CCN(C)C1=O)C(C)(C)C. The molecule has 0 aliphatic carbocycles. The molecule has 1 aliphatic heterocycles. The van der Waals surface area contributed by atoms with Crippen LogP contribution in [0.15, 0.2) is 0 Å². The van der Waals surface area contributed by atoms with E-state index < -0.39 is 0 Å². The smallest absolute Gasteiger partial charge is 0.319 e. The Hall–Kier alpha value is -0.770. The number of hydrogen-bond donors (Lipinski definition) is 1. The van der Waals surface area contributed by atoms with E-state index in [1.807, 2.05) is 19.0 Å². The zero-order valence-corrected chi connectivity index (χ0v) is 10.5. The molecule has 1 heterocycles. The zero-order valence-electron chi connectivity index (χ0n) is 10.5. The van der Waals surface area contributed by atoms with E-state index in [2.05, 4.69) is 26.1 Å². The summed E-state index contributed by atoms with van der Waals surface area (Å²) < 4.78 is 0. The highest BCUT2D eigenvalue weighted by Gasteiger charge is 2.31. The van der Waals surface area contributed by atoms with Gasteiger partial charge in [-0.3, -0.25) is 0 Å². The molecule has 1 N–H and O–H groups in total. The van der Waals surface area contributed by atoms with Crippen LogP contribution in [0.5, 0.6) is 0 Å². The summed E-state index contributed by atoms with van der Waals surface area (Å²) in [6.45, 7) is 9.07. The molecular formula is C11H23N3O. The van der Waals surface area contributed by atoms with Gasteiger partial charge in [-0.1, -0.05) is 20.8 Å². The molecule has 1 rings (SSSR count). The Balaban J connectivity index is 2.57. The lowest BCUT2D eigenvalue weighted by Crippen LogP contribution is -2.48. The molecule has 0 saturated carbocycles. The molecule has 4 heteroatoms. The summed E-state index contributed by atoms with van der Waals surface area (Å²) in [6.07, 6.45) is 0. The molecule has 1 fully saturated rings. The standard InChI is InChI=1S/C11H23N3O/c1-11(2,3)9(12-4)8-14-7-6-13(5)10(14)15/h9,12H,6-8H2,1-5H3/t9-/m1/s1. The lowest BCUT2D eigenvalue weighted by Gasteiger charge is -2.33. The van der Waals surface area contributed by atoms with Crippen LogP contribution in [0, 0.1) is 5.41 Å². The highest BCUT2D eigenvalue weighted by Crippen LogP contribution is 2.21. The van der Waals surface area contributed by atoms with Crippen molar-refractivity contribution in [1.82, 2.24) is 15.1 Å². The van der Waals surface area contributed by atoms with Crippen LogP contribution in [0.4, 0.5) is 4.79 Å². The van der Waals surface area contributed by atoms with Crippen LogP contribution in [-0.4, -0.2) is 55.6 Å². The minimum absolute atomic E-state index is 0.152. The third-order valence-electron chi connectivity index (χ3n) is 3.10. The van der Waals surface area contributed by atoms with Gasteiger partial charge in [0.2, 0.25) is 0 Å². The van der Waals surface area contributed by atoms with Gasteiger partial charge in [0.1, 0.15) is 0 Å². The quantitative estimate of drug-likeness (QED) is 0.759. The van der Waals surface area contributed by atoms with Gasteiger partial charge in [-0.05, 0) is 12.5 Å². The van der Waals surface area contributed by atoms with Gasteiger partial charge in [-0.15, -0.1) is 0 Å². The van der Waals surface area contributed by atoms with Crippen LogP contribution >= 0.6 is 0 Å². The van der Waals surface area contributed by atoms with Crippen LogP contribution in [0.25, 0.3) is 0 Å². The Labute approximate surface area is 92.6 Å². The predicted octanol–water partition coefficient (Wildman–Crippen LogP) is 0.988. The van der Waals surface area contributed by atoms with Crippen molar-refractivity contribution < 1.29 is 4.79 Å². The van der Waals surface area contributed by atoms with Gasteiger partial charge in [-0.25, -0.2) is 4.79 Å². The van der Waals surface area contributed by atoms with Gasteiger partial charge in [0.05, 0.1) is 0 Å². The third-order valence-corrected chi connectivity index (χ3v) is 3.10. The van der Waals surface area contributed by atoms with Crippen molar-refractivity contribution >= 4 is 6.03 Å². The van der Waals surface area contributed by atoms with Crippen molar-refractivity contribution in [2.24, 2.45) is 5.41 Å². The summed E-state index contributed by atoms with van der Waals surface area (Å²) in [5, 5.41) is 3.29. The molecule has 88 valence electrons. The van der Waals surface area contributed by atoms with Crippen LogP contribution in [0.3, 0.4) is 0 Å². The van der Waals surface area contributed by atoms with E-state index in [-0.39, 0.29) is 11.4 Å². The molecule has 0 bridgehead atoms. The molecule has 1 aliphatic rings. The minimum atomic E-state index is 0.152. The maximum atomic E-state index is 11.7. The summed E-state index contributed by atoms with van der Waals surface area (Å²) in [6, 6.07) is 0.493. The number of nitrogens with one attached hydrogen (secondary N) is 1. The van der Waals surface area contributed by atoms with Crippen molar-refractivity contribution in [3.05, 3.63) is 0 Å². The zero-order chi connectivity index (χ0) is 11.6. The topological polar surface area (TPSA) is 35.6 Å². The van der Waals surface area contributed by atoms with E-state index in [0.717, 1.165) is 19.6 Å². The average Bonchev–Trinajstić information content (AvgIpc) is 2.43. The maximum Gasteiger partial charge on any atom is 0.319 e. The molecule has 0 unspecified atom stereocenters. The Morgan fingerprint density at radius 2 is 2.00 bits per heavy atom. The van der Waals surface area contributed by atoms with E-state index in [1.165, 1.54) is 0 Å². The molecule has 15 heavy (non-hydrogen) atoms. The lowest BCUT2D eigenvalue weighted by molar-refractivity contribution is 0.177. The second kappa shape index (κ2) is 4.39. The Morgan fingerprint density at radius 3 is 2.33 bits per heavy atom. The second-order valence-corrected chi connectivity index (χ2v) is 5.36. The molecule has 1 atom stereocenters. The van der Waals surface area contributed by atoms with Gasteiger partial charge < -0.3 is 15.1 Å². The van der Waals surface area contributed by atoms with Crippen LogP contribution < -0.4 is 5.32 Å². The Kier molecular flexibility index (Phi) is 3.60. The number of carbonyl (C=O) groups excluding carboxylic acids is 1. The van der Waals surface area contributed by atoms with Crippen molar-refractivity contribution in [3.63, 3.8) is 0 Å². The summed E-state index contributed by atoms with van der Waals surface area (Å²) in [7, 11) is 3.81. The van der Waals surface area contributed by atoms with Gasteiger partial charge in [0, 0.05) is 32.7 Å². The number of rotatable bonds is 3. The first-order valence-corrected chi connectivity index (χ1v) is 5.53. The van der Waals surface area contributed by atoms with Crippen LogP contribution in [-0.2, 0) is 0 Å². The van der Waals surface area contributed by atoms with Crippen LogP contribution in [0.1, 0.15) is 20.8 Å². The molecule has 2 amide bonds. The van der Waals surface area contributed by atoms with Gasteiger partial charge in [-0.2, -0.15) is 0 Å². The van der Waals surface area contributed by atoms with E-state index >= 15 is 0 Å². The van der Waals surface area contributed by atoms with Crippen LogP contribution in [0.2, 0.25) is 0 Å². The average molecular weight is 213 g/mol. The van der Waals surface area contributed by atoms with Crippen molar-refractivity contribution in [2.45, 2.75) is 26.8 Å². The molecular weight excluding hydrogens is 190 g/mol. The molecule has 0 aromatic heterocycles. The number of urea groups is 1. The van der Waals surface area contributed by atoms with E-state index in [9.17, 15) is 4.79 Å². The highest BCUT2D eigenvalue weighted by molar-refractivity contribution is 5.76. The van der Waals surface area contributed by atoms with E-state index in [0.29, 0.717) is 6.04 Å². The summed E-state index contributed by atoms with van der Waals surface area (Å²) in [5.41, 5.74) is 0.177. The number of nitrogens with zero attached hydrogens (tertiary/aromatic N) is 2. The number of carbonyl (C=O) groups is 1. The van der Waals surface area contributed by atoms with Gasteiger partial charge in [0.25, 0.3) is 0 Å². The normalized spacial score (nSPS) is 19.9. The molecule has 4 nitrogen and oxygen atoms in total. The Morgan fingerprint density at radius 1 is 1.40 bits per heavy atom. The minimum Gasteiger partial charge on any atom is -0.326 e. The first-order valence-electron chi connectivity index (χ1n) is 5.53. The fourth-order valence-corrected chi connectivity index (χ4v) is 1.89. The van der Waals surface area contributed by atoms with Crippen molar-refractivity contribution in [1.29, 1.82) is 0 Å². The molecule has 0 aromatic carbocycles. The number of amides is 2. The summed E-state index contributed by atoms with van der Waals surface area (Å²) in [5.74, 6) is 0. The monoisotopic (exact) mass is 213 g/mol. The predicted molar refractivity (Wildman–Crippen MR) is 61.9 cm³/mol. The number of likely N-dealkylation sites (N-methyl/N-ethyl adjacent to an activating group) is 2. The second-order valence-electron chi connectivity index (χ2n) is 5.36. The van der Waals surface area contributed by atoms with Crippen molar-refractivity contribution in [3.8, 4) is 0 Å². The fraction of sp³-hybridized carbons (Fsp3) is 0.909. The van der Waals surface area contributed by atoms with E-state index in [4.69, 9.17) is 0 Å². The Bertz CT molecular complexity index is 234. The lowest BCUT2D eigenvalue weighted by atomic mass is 9.86. The fourth-order valence-electron chi connectivity index (χ4n) is 1.89. The number of hydrogen-bond acceptors (Lipinski definition) is 2. The first kappa shape index (κ1) is 12.3.